The van der Waals surface area contributed by atoms with Crippen LogP contribution in [0.2, 0.25) is 0 Å². The molecule has 0 unspecified atom stereocenters. The normalized spacial score (nSPS) is 10.2. The smallest absolute Gasteiger partial charge is 0.361 e. The van der Waals surface area contributed by atoms with Gasteiger partial charge in [-0.2, -0.15) is 0 Å². The number of aryl methyl sites for hydroxylation is 1. The molecule has 7 heteroatoms. The number of aromatic amines is 1. The predicted molar refractivity (Wildman–Crippen MR) is 57.5 cm³/mol. The first-order valence-corrected chi connectivity index (χ1v) is 4.76. The number of H-pyrrole nitrogens is 1. The summed E-state index contributed by atoms with van der Waals surface area (Å²) < 4.78 is 6.57. The summed E-state index contributed by atoms with van der Waals surface area (Å²) in [5, 5.41) is 0. The zero-order chi connectivity index (χ0) is 12.4. The number of aromatic nitrogens is 3. The third kappa shape index (κ3) is 2.03. The number of nitrogens with zero attached hydrogens (tertiary/aromatic N) is 2. The molecule has 0 aromatic carbocycles. The third-order valence-corrected chi connectivity index (χ3v) is 2.19. The van der Waals surface area contributed by atoms with E-state index in [1.54, 1.807) is 29.9 Å². The van der Waals surface area contributed by atoms with E-state index in [1.807, 2.05) is 0 Å². The van der Waals surface area contributed by atoms with Gasteiger partial charge in [0.2, 0.25) is 0 Å². The molecule has 0 aliphatic rings. The van der Waals surface area contributed by atoms with E-state index in [1.165, 1.54) is 6.33 Å². The lowest BCUT2D eigenvalue weighted by Gasteiger charge is -2.03. The summed E-state index contributed by atoms with van der Waals surface area (Å²) in [5.41, 5.74) is 5.39. The largest absolute Gasteiger partial charge is 0.400 e. The Morgan fingerprint density at radius 2 is 2.29 bits per heavy atom. The number of nitrogens with two attached hydrogens (primary N) is 1. The van der Waals surface area contributed by atoms with E-state index < -0.39 is 11.9 Å². The minimum absolute atomic E-state index is 0.0347. The van der Waals surface area contributed by atoms with Crippen LogP contribution in [0.15, 0.2) is 24.7 Å². The van der Waals surface area contributed by atoms with Crippen LogP contribution in [-0.2, 0) is 7.05 Å². The quantitative estimate of drug-likeness (QED) is 0.733. The zero-order valence-electron chi connectivity index (χ0n) is 9.01. The molecule has 2 aromatic rings. The molecule has 1 amide bonds. The summed E-state index contributed by atoms with van der Waals surface area (Å²) in [7, 11) is 1.70. The second-order valence-corrected chi connectivity index (χ2v) is 3.34. The zero-order valence-corrected chi connectivity index (χ0v) is 9.01. The first kappa shape index (κ1) is 10.9. The van der Waals surface area contributed by atoms with Gasteiger partial charge in [-0.3, -0.25) is 4.79 Å². The van der Waals surface area contributed by atoms with Crippen molar-refractivity contribution in [2.45, 2.75) is 0 Å². The molecule has 0 saturated carbocycles. The van der Waals surface area contributed by atoms with Crippen molar-refractivity contribution in [1.82, 2.24) is 14.5 Å². The fraction of sp³-hybridized carbons (Fsp3) is 0.100. The fourth-order valence-corrected chi connectivity index (χ4v) is 1.35. The van der Waals surface area contributed by atoms with Crippen LogP contribution in [0, 0.1) is 0 Å². The maximum absolute atomic E-state index is 11.7. The molecule has 2 rings (SSSR count). The van der Waals surface area contributed by atoms with Crippen LogP contribution in [0.25, 0.3) is 0 Å². The number of nitrogens with one attached hydrogen (secondary N) is 1. The predicted octanol–water partition coefficient (Wildman–Crippen LogP) is 0.0663. The fourth-order valence-electron chi connectivity index (χ4n) is 1.35. The van der Waals surface area contributed by atoms with Crippen molar-refractivity contribution >= 4 is 11.9 Å². The minimum Gasteiger partial charge on any atom is -0.400 e. The Morgan fingerprint density at radius 3 is 2.88 bits per heavy atom. The van der Waals surface area contributed by atoms with Crippen LogP contribution < -0.4 is 10.5 Å². The molecule has 0 aliphatic heterocycles. The Morgan fingerprint density at radius 1 is 1.53 bits per heavy atom. The molecule has 3 N–H and O–H groups in total. The van der Waals surface area contributed by atoms with Gasteiger partial charge in [0, 0.05) is 13.2 Å². The first-order valence-electron chi connectivity index (χ1n) is 4.76. The lowest BCUT2D eigenvalue weighted by atomic mass is 10.4. The van der Waals surface area contributed by atoms with E-state index >= 15 is 0 Å². The topological polar surface area (TPSA) is 103 Å². The minimum atomic E-state index is -0.739. The van der Waals surface area contributed by atoms with Crippen molar-refractivity contribution in [2.75, 3.05) is 0 Å². The van der Waals surface area contributed by atoms with Crippen LogP contribution in [-0.4, -0.2) is 26.4 Å². The second-order valence-electron chi connectivity index (χ2n) is 3.34. The maximum Gasteiger partial charge on any atom is 0.361 e. The molecule has 2 aromatic heterocycles. The summed E-state index contributed by atoms with van der Waals surface area (Å²) in [6, 6.07) is 3.30. The van der Waals surface area contributed by atoms with Crippen LogP contribution in [0.1, 0.15) is 21.0 Å². The summed E-state index contributed by atoms with van der Waals surface area (Å²) in [5.74, 6) is -1.46. The highest BCUT2D eigenvalue weighted by molar-refractivity contribution is 5.95. The number of primary amides is 1. The van der Waals surface area contributed by atoms with Gasteiger partial charge < -0.3 is 20.0 Å². The molecule has 2 heterocycles. The van der Waals surface area contributed by atoms with Crippen LogP contribution in [0.4, 0.5) is 0 Å². The third-order valence-electron chi connectivity index (χ3n) is 2.19. The Hall–Kier alpha value is -2.57. The van der Waals surface area contributed by atoms with E-state index in [0.29, 0.717) is 5.69 Å². The lowest BCUT2D eigenvalue weighted by Crippen LogP contribution is -2.17. The molecule has 17 heavy (non-hydrogen) atoms. The number of ether oxygens (including phenoxy) is 1. The summed E-state index contributed by atoms with van der Waals surface area (Å²) in [6.07, 6.45) is 2.93. The number of amides is 1. The van der Waals surface area contributed by atoms with Crippen molar-refractivity contribution < 1.29 is 14.3 Å². The van der Waals surface area contributed by atoms with Gasteiger partial charge in [0.15, 0.2) is 5.69 Å². The van der Waals surface area contributed by atoms with Gasteiger partial charge in [-0.15, -0.1) is 0 Å². The molecular formula is C10H10N4O3. The van der Waals surface area contributed by atoms with Gasteiger partial charge in [-0.1, -0.05) is 0 Å². The highest BCUT2D eigenvalue weighted by Crippen LogP contribution is 2.13. The van der Waals surface area contributed by atoms with Crippen molar-refractivity contribution in [2.24, 2.45) is 12.8 Å². The van der Waals surface area contributed by atoms with E-state index in [2.05, 4.69) is 9.97 Å². The first-order chi connectivity index (χ1) is 8.09. The number of hydrogen-bond donors (Lipinski definition) is 2. The molecule has 7 nitrogen and oxygen atoms in total. The van der Waals surface area contributed by atoms with Crippen LogP contribution in [0.5, 0.6) is 5.88 Å². The number of imidazole rings is 1. The molecule has 0 bridgehead atoms. The SMILES string of the molecule is Cn1cccc1C(=O)Oc1nc[nH]c1C(N)=O. The Bertz CT molecular complexity index is 570. The van der Waals surface area contributed by atoms with E-state index in [9.17, 15) is 9.59 Å². The average molecular weight is 234 g/mol. The van der Waals surface area contributed by atoms with Crippen LogP contribution in [0.3, 0.4) is 0 Å². The molecular weight excluding hydrogens is 224 g/mol. The molecule has 88 valence electrons. The number of carbonyl (C=O) groups is 2. The van der Waals surface area contributed by atoms with Gasteiger partial charge >= 0.3 is 5.97 Å². The van der Waals surface area contributed by atoms with Crippen LogP contribution >= 0.6 is 0 Å². The number of rotatable bonds is 3. The Labute approximate surface area is 96.2 Å². The average Bonchev–Trinajstić information content (AvgIpc) is 2.86. The van der Waals surface area contributed by atoms with Gasteiger partial charge in [0.1, 0.15) is 5.69 Å². The number of hydrogen-bond acceptors (Lipinski definition) is 4. The second kappa shape index (κ2) is 4.12. The number of carbonyl (C=O) groups excluding carboxylic acids is 2. The molecule has 0 fully saturated rings. The van der Waals surface area contributed by atoms with E-state index in [-0.39, 0.29) is 11.6 Å². The summed E-state index contributed by atoms with van der Waals surface area (Å²) in [4.78, 5) is 28.9. The molecule has 0 atom stereocenters. The highest BCUT2D eigenvalue weighted by atomic mass is 16.5. The van der Waals surface area contributed by atoms with Crippen molar-refractivity contribution in [3.05, 3.63) is 36.0 Å². The monoisotopic (exact) mass is 234 g/mol. The standard InChI is InChI=1S/C10H10N4O3/c1-14-4-2-3-6(14)10(16)17-9-7(8(11)15)12-5-13-9/h2-5H,1H3,(H2,11,15)(H,12,13). The highest BCUT2D eigenvalue weighted by Gasteiger charge is 2.18. The molecule has 0 radical (unpaired) electrons. The van der Waals surface area contributed by atoms with Crippen molar-refractivity contribution in [1.29, 1.82) is 0 Å². The molecule has 0 spiro atoms. The Balaban J connectivity index is 2.22. The van der Waals surface area contributed by atoms with E-state index in [4.69, 9.17) is 10.5 Å². The maximum atomic E-state index is 11.7. The molecule has 0 saturated heterocycles. The van der Waals surface area contributed by atoms with Crippen molar-refractivity contribution in [3.63, 3.8) is 0 Å². The lowest BCUT2D eigenvalue weighted by molar-refractivity contribution is 0.0716. The van der Waals surface area contributed by atoms with E-state index in [0.717, 1.165) is 0 Å². The molecule has 0 aliphatic carbocycles. The van der Waals surface area contributed by atoms with Crippen molar-refractivity contribution in [3.8, 4) is 5.88 Å². The number of esters is 1. The van der Waals surface area contributed by atoms with Gasteiger partial charge in [0.05, 0.1) is 6.33 Å². The Kier molecular flexibility index (Phi) is 2.65. The van der Waals surface area contributed by atoms with Gasteiger partial charge in [0.25, 0.3) is 11.8 Å². The van der Waals surface area contributed by atoms with Gasteiger partial charge in [-0.05, 0) is 12.1 Å². The van der Waals surface area contributed by atoms with Gasteiger partial charge in [-0.25, -0.2) is 9.78 Å². The summed E-state index contributed by atoms with van der Waals surface area (Å²) in [6.45, 7) is 0. The summed E-state index contributed by atoms with van der Waals surface area (Å²) >= 11 is 0.